The van der Waals surface area contributed by atoms with Crippen LogP contribution in [0.3, 0.4) is 0 Å². The first kappa shape index (κ1) is 48.1. The van der Waals surface area contributed by atoms with E-state index < -0.39 is 22.7 Å². The number of fused-ring (bicyclic) bond motifs is 2. The molecule has 0 saturated heterocycles. The van der Waals surface area contributed by atoms with Crippen LogP contribution in [0.5, 0.6) is 0 Å². The second-order valence-corrected chi connectivity index (χ2v) is 19.4. The molecule has 4 aliphatic rings. The summed E-state index contributed by atoms with van der Waals surface area (Å²) in [6.45, 7) is 3.67. The van der Waals surface area contributed by atoms with E-state index in [0.717, 1.165) is 73.6 Å². The first-order chi connectivity index (χ1) is 33.9. The van der Waals surface area contributed by atoms with E-state index in [9.17, 15) is 28.0 Å². The molecule has 4 aromatic carbocycles. The maximum atomic E-state index is 14.5. The van der Waals surface area contributed by atoms with Crippen LogP contribution in [0.1, 0.15) is 105 Å². The summed E-state index contributed by atoms with van der Waals surface area (Å²) >= 11 is 0. The van der Waals surface area contributed by atoms with Gasteiger partial charge in [0, 0.05) is 61.1 Å². The van der Waals surface area contributed by atoms with E-state index in [1.807, 2.05) is 62.4 Å². The molecular formula is C56H62F2N8O4. The highest BCUT2D eigenvalue weighted by Crippen LogP contribution is 2.45. The molecule has 1 unspecified atom stereocenters. The van der Waals surface area contributed by atoms with Gasteiger partial charge in [0.2, 0.25) is 17.7 Å². The molecule has 70 heavy (non-hydrogen) atoms. The fourth-order valence-corrected chi connectivity index (χ4v) is 11.3. The Morgan fingerprint density at radius 3 is 1.57 bits per heavy atom. The number of aryl methyl sites for hydroxylation is 3. The minimum absolute atomic E-state index is 0.00295. The van der Waals surface area contributed by atoms with Gasteiger partial charge in [0.15, 0.2) is 5.54 Å². The Balaban J connectivity index is 0.000000174. The third-order valence-corrected chi connectivity index (χ3v) is 14.9. The van der Waals surface area contributed by atoms with Gasteiger partial charge in [0.05, 0.1) is 0 Å². The number of aromatic nitrogens is 4. The summed E-state index contributed by atoms with van der Waals surface area (Å²) in [6, 6.07) is 27.9. The van der Waals surface area contributed by atoms with Crippen molar-refractivity contribution < 1.29 is 28.0 Å². The SMILES string of the molecule is Cc1nccn1CC(=O)N(c1cccc(F)c1)C1(C(=O)NC2CCCCC2)CCc2ccccc21.Cc1nccn1CC(=O)N(c1cccc(F)c1)C1(C(=O)NC2CCCCC2)Cc2ccccc2C1. The Morgan fingerprint density at radius 1 is 0.600 bits per heavy atom. The summed E-state index contributed by atoms with van der Waals surface area (Å²) in [6.07, 6.45) is 19.1. The van der Waals surface area contributed by atoms with Crippen molar-refractivity contribution in [2.75, 3.05) is 9.80 Å². The van der Waals surface area contributed by atoms with Crippen molar-refractivity contribution in [3.63, 3.8) is 0 Å². The third-order valence-electron chi connectivity index (χ3n) is 14.9. The topological polar surface area (TPSA) is 134 Å². The molecule has 0 bridgehead atoms. The molecule has 0 radical (unpaired) electrons. The van der Waals surface area contributed by atoms with Crippen LogP contribution in [0.25, 0.3) is 0 Å². The van der Waals surface area contributed by atoms with E-state index >= 15 is 0 Å². The minimum atomic E-state index is -1.26. The Labute approximate surface area is 408 Å². The number of benzene rings is 4. The lowest BCUT2D eigenvalue weighted by Crippen LogP contribution is -2.64. The van der Waals surface area contributed by atoms with Crippen molar-refractivity contribution in [2.24, 2.45) is 0 Å². The van der Waals surface area contributed by atoms with E-state index in [1.165, 1.54) is 37.1 Å². The van der Waals surface area contributed by atoms with E-state index in [0.29, 0.717) is 48.7 Å². The number of carbonyl (C=O) groups excluding carboxylic acids is 4. The molecule has 0 aliphatic heterocycles. The second-order valence-electron chi connectivity index (χ2n) is 19.4. The maximum absolute atomic E-state index is 14.5. The fourth-order valence-electron chi connectivity index (χ4n) is 11.3. The predicted octanol–water partition coefficient (Wildman–Crippen LogP) is 9.00. The molecular weight excluding hydrogens is 887 g/mol. The number of hydrogen-bond donors (Lipinski definition) is 2. The number of halogens is 2. The summed E-state index contributed by atoms with van der Waals surface area (Å²) in [5.74, 6) is -0.408. The molecule has 14 heteroatoms. The number of amides is 4. The van der Waals surface area contributed by atoms with Crippen molar-refractivity contribution in [3.05, 3.63) is 167 Å². The number of nitrogens with zero attached hydrogens (tertiary/aromatic N) is 6. The summed E-state index contributed by atoms with van der Waals surface area (Å²) in [5.41, 5.74) is 2.27. The molecule has 12 nitrogen and oxygen atoms in total. The Kier molecular flexibility index (Phi) is 14.4. The summed E-state index contributed by atoms with van der Waals surface area (Å²) < 4.78 is 32.4. The molecule has 2 N–H and O–H groups in total. The smallest absolute Gasteiger partial charge is 0.251 e. The van der Waals surface area contributed by atoms with Crippen molar-refractivity contribution in [1.29, 1.82) is 0 Å². The number of nitrogens with one attached hydrogen (secondary N) is 2. The van der Waals surface area contributed by atoms with Crippen LogP contribution in [-0.2, 0) is 57.1 Å². The molecule has 2 aromatic heterocycles. The highest BCUT2D eigenvalue weighted by atomic mass is 19.1. The molecule has 364 valence electrons. The average Bonchev–Trinajstić information content (AvgIpc) is 4.16. The zero-order chi connectivity index (χ0) is 48.8. The van der Waals surface area contributed by atoms with Crippen molar-refractivity contribution in [3.8, 4) is 0 Å². The molecule has 2 fully saturated rings. The largest absolute Gasteiger partial charge is 0.351 e. The minimum Gasteiger partial charge on any atom is -0.351 e. The first-order valence-corrected chi connectivity index (χ1v) is 24.8. The lowest BCUT2D eigenvalue weighted by molar-refractivity contribution is -0.132. The normalized spacial score (nSPS) is 18.5. The zero-order valence-electron chi connectivity index (χ0n) is 40.1. The Morgan fingerprint density at radius 2 is 1.07 bits per heavy atom. The van der Waals surface area contributed by atoms with Crippen LogP contribution in [0.4, 0.5) is 20.2 Å². The van der Waals surface area contributed by atoms with Gasteiger partial charge in [0.1, 0.15) is 41.9 Å². The fraction of sp³-hybridized carbons (Fsp3) is 0.393. The van der Waals surface area contributed by atoms with Crippen molar-refractivity contribution in [1.82, 2.24) is 29.7 Å². The first-order valence-electron chi connectivity index (χ1n) is 24.8. The van der Waals surface area contributed by atoms with Gasteiger partial charge in [-0.3, -0.25) is 29.0 Å². The summed E-state index contributed by atoms with van der Waals surface area (Å²) in [7, 11) is 0. The molecule has 4 aliphatic carbocycles. The van der Waals surface area contributed by atoms with Gasteiger partial charge < -0.3 is 19.8 Å². The van der Waals surface area contributed by atoms with Gasteiger partial charge >= 0.3 is 0 Å². The molecule has 6 aromatic rings. The number of rotatable bonds is 12. The second kappa shape index (κ2) is 21.0. The summed E-state index contributed by atoms with van der Waals surface area (Å²) in [4.78, 5) is 68.0. The van der Waals surface area contributed by atoms with E-state index in [4.69, 9.17) is 0 Å². The molecule has 1 atom stereocenters. The predicted molar refractivity (Wildman–Crippen MR) is 265 cm³/mol. The van der Waals surface area contributed by atoms with Crippen LogP contribution in [0.15, 0.2) is 122 Å². The van der Waals surface area contributed by atoms with Crippen LogP contribution >= 0.6 is 0 Å². The Bertz CT molecular complexity index is 2820. The van der Waals surface area contributed by atoms with Gasteiger partial charge in [0.25, 0.3) is 5.91 Å². The molecule has 0 spiro atoms. The monoisotopic (exact) mass is 948 g/mol. The highest BCUT2D eigenvalue weighted by Gasteiger charge is 2.54. The molecule has 10 rings (SSSR count). The van der Waals surface area contributed by atoms with Gasteiger partial charge in [-0.1, -0.05) is 99.2 Å². The van der Waals surface area contributed by atoms with Crippen LogP contribution in [-0.4, -0.2) is 60.4 Å². The van der Waals surface area contributed by atoms with Gasteiger partial charge in [-0.2, -0.15) is 0 Å². The van der Waals surface area contributed by atoms with Crippen LogP contribution < -0.4 is 20.4 Å². The summed E-state index contributed by atoms with van der Waals surface area (Å²) in [5, 5.41) is 6.57. The van der Waals surface area contributed by atoms with Crippen LogP contribution in [0.2, 0.25) is 0 Å². The van der Waals surface area contributed by atoms with Gasteiger partial charge in [-0.25, -0.2) is 18.7 Å². The highest BCUT2D eigenvalue weighted by molar-refractivity contribution is 6.06. The number of imidazole rings is 2. The van der Waals surface area contributed by atoms with E-state index in [-0.39, 0.29) is 48.8 Å². The Hall–Kier alpha value is -6.96. The molecule has 4 amide bonds. The lowest BCUT2D eigenvalue weighted by atomic mass is 9.86. The number of hydrogen-bond acceptors (Lipinski definition) is 6. The average molecular weight is 949 g/mol. The molecule has 2 heterocycles. The molecule has 2 saturated carbocycles. The van der Waals surface area contributed by atoms with Gasteiger partial charge in [-0.15, -0.1) is 0 Å². The lowest BCUT2D eigenvalue weighted by Gasteiger charge is -2.42. The van der Waals surface area contributed by atoms with Crippen LogP contribution in [0, 0.1) is 25.5 Å². The zero-order valence-corrected chi connectivity index (χ0v) is 40.1. The van der Waals surface area contributed by atoms with Gasteiger partial charge in [-0.05, 0) is 111 Å². The maximum Gasteiger partial charge on any atom is 0.251 e. The quantitative estimate of drug-likeness (QED) is 0.126. The number of anilines is 2. The number of carbonyl (C=O) groups is 4. The van der Waals surface area contributed by atoms with E-state index in [2.05, 4.69) is 20.6 Å². The third kappa shape index (κ3) is 9.91. The van der Waals surface area contributed by atoms with Crippen molar-refractivity contribution in [2.45, 2.75) is 140 Å². The van der Waals surface area contributed by atoms with E-state index in [1.54, 1.807) is 68.0 Å². The van der Waals surface area contributed by atoms with Crippen molar-refractivity contribution >= 4 is 35.0 Å². The standard InChI is InChI=1S/2C28H31FN4O2/c1-20-30-16-17-32(20)19-26(34)33(24-12-7-9-22(29)18-24)28(15-14-21-8-5-6-13-25(21)28)27(35)31-23-10-3-2-4-11-23;1-20-30-14-15-32(20)19-26(34)33(25-13-7-10-23(29)16-25)28(17-21-8-5-6-9-22(21)18-28)27(35)31-24-11-3-2-4-12-24/h5-9,12-13,16-18,23H,2-4,10-11,14-15,19H2,1H3,(H,31,35);5-10,13-16,24H,2-4,11-12,17-19H2,1H3,(H,31,35).